The molecule has 1 aliphatic rings. The summed E-state index contributed by atoms with van der Waals surface area (Å²) in [7, 11) is 0. The monoisotopic (exact) mass is 279 g/mol. The van der Waals surface area contributed by atoms with Crippen LogP contribution in [0, 0.1) is 5.82 Å². The van der Waals surface area contributed by atoms with Crippen LogP contribution in [-0.2, 0) is 14.3 Å². The molecule has 106 valence electrons. The second-order valence-corrected chi connectivity index (χ2v) is 4.33. The van der Waals surface area contributed by atoms with Crippen molar-refractivity contribution in [3.63, 3.8) is 0 Å². The Hall–Kier alpha value is -2.24. The number of anilines is 1. The molecule has 0 saturated heterocycles. The lowest BCUT2D eigenvalue weighted by atomic mass is 10.1. The molecule has 5 nitrogen and oxygen atoms in total. The van der Waals surface area contributed by atoms with Gasteiger partial charge in [0, 0.05) is 13.0 Å². The summed E-state index contributed by atoms with van der Waals surface area (Å²) in [5.74, 6) is -2.46. The number of carbonyl (C=O) groups excluding carboxylic acids is 3. The van der Waals surface area contributed by atoms with Gasteiger partial charge in [0.15, 0.2) is 0 Å². The van der Waals surface area contributed by atoms with Crippen LogP contribution in [0.15, 0.2) is 18.2 Å². The quantitative estimate of drug-likeness (QED) is 0.608. The fourth-order valence-corrected chi connectivity index (χ4v) is 2.14. The summed E-state index contributed by atoms with van der Waals surface area (Å²) in [5.41, 5.74) is 0.0810. The lowest BCUT2D eigenvalue weighted by Crippen LogP contribution is -2.31. The van der Waals surface area contributed by atoms with Crippen molar-refractivity contribution in [2.75, 3.05) is 18.1 Å². The third kappa shape index (κ3) is 2.54. The van der Waals surface area contributed by atoms with Crippen molar-refractivity contribution in [3.8, 4) is 0 Å². The highest BCUT2D eigenvalue weighted by Crippen LogP contribution is 2.31. The Bertz CT molecular complexity index is 570. The third-order valence-electron chi connectivity index (χ3n) is 3.01. The maximum absolute atomic E-state index is 13.8. The van der Waals surface area contributed by atoms with E-state index in [1.165, 1.54) is 18.2 Å². The number of Topliss-reactive ketones (excluding diaryl/α,β-unsaturated/α-hetero) is 1. The molecule has 1 aromatic carbocycles. The number of rotatable bonds is 5. The Morgan fingerprint density at radius 1 is 1.35 bits per heavy atom. The number of amides is 1. The highest BCUT2D eigenvalue weighted by Gasteiger charge is 2.37. The van der Waals surface area contributed by atoms with Crippen LogP contribution in [-0.4, -0.2) is 30.8 Å². The molecule has 2 rings (SSSR count). The van der Waals surface area contributed by atoms with Gasteiger partial charge in [0.25, 0.3) is 11.7 Å². The number of ketones is 1. The fraction of sp³-hybridized carbons (Fsp3) is 0.357. The zero-order chi connectivity index (χ0) is 14.7. The van der Waals surface area contributed by atoms with Crippen molar-refractivity contribution < 1.29 is 23.5 Å². The number of fused-ring (bicyclic) bond motifs is 1. The van der Waals surface area contributed by atoms with Crippen LogP contribution in [0.4, 0.5) is 10.1 Å². The molecule has 0 fully saturated rings. The van der Waals surface area contributed by atoms with Gasteiger partial charge in [-0.05, 0) is 25.5 Å². The molecule has 20 heavy (non-hydrogen) atoms. The van der Waals surface area contributed by atoms with Crippen molar-refractivity contribution in [2.45, 2.75) is 19.8 Å². The molecule has 0 N–H and O–H groups in total. The highest BCUT2D eigenvalue weighted by atomic mass is 19.1. The first kappa shape index (κ1) is 14.2. The van der Waals surface area contributed by atoms with E-state index in [0.717, 1.165) is 4.90 Å². The number of esters is 1. The zero-order valence-corrected chi connectivity index (χ0v) is 11.0. The number of ether oxygens (including phenoxy) is 1. The summed E-state index contributed by atoms with van der Waals surface area (Å²) in [5, 5.41) is 0. The van der Waals surface area contributed by atoms with E-state index < -0.39 is 17.5 Å². The van der Waals surface area contributed by atoms with Gasteiger partial charge in [0.2, 0.25) is 0 Å². The van der Waals surface area contributed by atoms with Gasteiger partial charge in [-0.15, -0.1) is 0 Å². The largest absolute Gasteiger partial charge is 0.466 e. The summed E-state index contributed by atoms with van der Waals surface area (Å²) in [6.45, 7) is 2.10. The van der Waals surface area contributed by atoms with E-state index in [9.17, 15) is 18.8 Å². The fourth-order valence-electron chi connectivity index (χ4n) is 2.14. The van der Waals surface area contributed by atoms with E-state index in [-0.39, 0.29) is 36.8 Å². The van der Waals surface area contributed by atoms with Crippen LogP contribution in [0.25, 0.3) is 0 Å². The molecule has 0 bridgehead atoms. The van der Waals surface area contributed by atoms with Crippen molar-refractivity contribution in [2.24, 2.45) is 0 Å². The molecule has 1 aromatic rings. The first-order valence-corrected chi connectivity index (χ1v) is 6.36. The van der Waals surface area contributed by atoms with Crippen LogP contribution < -0.4 is 4.90 Å². The Kier molecular flexibility index (Phi) is 4.12. The number of halogens is 1. The van der Waals surface area contributed by atoms with Crippen LogP contribution in [0.1, 0.15) is 30.1 Å². The second kappa shape index (κ2) is 5.81. The first-order chi connectivity index (χ1) is 9.56. The Morgan fingerprint density at radius 3 is 2.80 bits per heavy atom. The van der Waals surface area contributed by atoms with Gasteiger partial charge in [-0.25, -0.2) is 4.39 Å². The van der Waals surface area contributed by atoms with E-state index in [1.54, 1.807) is 6.92 Å². The van der Waals surface area contributed by atoms with Crippen molar-refractivity contribution >= 4 is 23.3 Å². The number of nitrogens with zero attached hydrogens (tertiary/aromatic N) is 1. The average Bonchev–Trinajstić information content (AvgIpc) is 2.66. The molecule has 1 amide bonds. The van der Waals surface area contributed by atoms with Gasteiger partial charge in [-0.1, -0.05) is 6.07 Å². The van der Waals surface area contributed by atoms with Gasteiger partial charge in [0.05, 0.1) is 17.9 Å². The van der Waals surface area contributed by atoms with Crippen LogP contribution in [0.2, 0.25) is 0 Å². The Morgan fingerprint density at radius 2 is 2.10 bits per heavy atom. The minimum Gasteiger partial charge on any atom is -0.466 e. The lowest BCUT2D eigenvalue weighted by Gasteiger charge is -2.16. The van der Waals surface area contributed by atoms with Crippen molar-refractivity contribution in [3.05, 3.63) is 29.6 Å². The van der Waals surface area contributed by atoms with Crippen LogP contribution in [0.3, 0.4) is 0 Å². The SMILES string of the molecule is CCOC(=O)CCCN1C(=O)C(=O)c2cccc(F)c21. The van der Waals surface area contributed by atoms with Gasteiger partial charge >= 0.3 is 5.97 Å². The first-order valence-electron chi connectivity index (χ1n) is 6.36. The third-order valence-corrected chi connectivity index (χ3v) is 3.01. The number of hydrogen-bond donors (Lipinski definition) is 0. The van der Waals surface area contributed by atoms with Crippen molar-refractivity contribution in [1.29, 1.82) is 0 Å². The zero-order valence-electron chi connectivity index (χ0n) is 11.0. The summed E-state index contributed by atoms with van der Waals surface area (Å²) >= 11 is 0. The average molecular weight is 279 g/mol. The molecular formula is C14H14FNO4. The molecule has 0 atom stereocenters. The lowest BCUT2D eigenvalue weighted by molar-refractivity contribution is -0.143. The minimum absolute atomic E-state index is 0.00589. The molecule has 0 radical (unpaired) electrons. The molecule has 1 aliphatic heterocycles. The predicted molar refractivity (Wildman–Crippen MR) is 69.0 cm³/mol. The normalized spacial score (nSPS) is 13.6. The molecule has 0 aliphatic carbocycles. The molecule has 1 heterocycles. The molecule has 0 saturated carbocycles. The summed E-state index contributed by atoms with van der Waals surface area (Å²) < 4.78 is 18.5. The Labute approximate surface area is 115 Å². The van der Waals surface area contributed by atoms with Gasteiger partial charge < -0.3 is 9.64 Å². The van der Waals surface area contributed by atoms with E-state index in [4.69, 9.17) is 4.74 Å². The van der Waals surface area contributed by atoms with E-state index in [0.29, 0.717) is 6.42 Å². The van der Waals surface area contributed by atoms with Gasteiger partial charge in [-0.3, -0.25) is 14.4 Å². The molecule has 6 heteroatoms. The molecule has 0 unspecified atom stereocenters. The number of para-hydroxylation sites is 1. The van der Waals surface area contributed by atoms with E-state index in [1.807, 2.05) is 0 Å². The van der Waals surface area contributed by atoms with E-state index in [2.05, 4.69) is 0 Å². The van der Waals surface area contributed by atoms with Crippen LogP contribution in [0.5, 0.6) is 0 Å². The standard InChI is InChI=1S/C14H14FNO4/c1-2-20-11(17)7-4-8-16-12-9(13(18)14(16)19)5-3-6-10(12)15/h3,5-6H,2,4,7-8H2,1H3. The number of hydrogen-bond acceptors (Lipinski definition) is 4. The molecule has 0 aromatic heterocycles. The Balaban J connectivity index is 2.08. The topological polar surface area (TPSA) is 63.7 Å². The predicted octanol–water partition coefficient (Wildman–Crippen LogP) is 1.70. The number of benzene rings is 1. The van der Waals surface area contributed by atoms with E-state index >= 15 is 0 Å². The second-order valence-electron chi connectivity index (χ2n) is 4.33. The maximum atomic E-state index is 13.8. The maximum Gasteiger partial charge on any atom is 0.305 e. The smallest absolute Gasteiger partial charge is 0.305 e. The van der Waals surface area contributed by atoms with Crippen molar-refractivity contribution in [1.82, 2.24) is 0 Å². The minimum atomic E-state index is -0.756. The summed E-state index contributed by atoms with van der Waals surface area (Å²) in [6.07, 6.45) is 0.432. The highest BCUT2D eigenvalue weighted by molar-refractivity contribution is 6.52. The van der Waals surface area contributed by atoms with Gasteiger partial charge in [0.1, 0.15) is 5.82 Å². The van der Waals surface area contributed by atoms with Gasteiger partial charge in [-0.2, -0.15) is 0 Å². The number of carbonyl (C=O) groups is 3. The molecular weight excluding hydrogens is 265 g/mol. The summed E-state index contributed by atoms with van der Waals surface area (Å²) in [4.78, 5) is 35.8. The van der Waals surface area contributed by atoms with Crippen LogP contribution >= 0.6 is 0 Å². The summed E-state index contributed by atoms with van der Waals surface area (Å²) in [6, 6.07) is 4.01. The molecule has 0 spiro atoms.